The predicted molar refractivity (Wildman–Crippen MR) is 71.4 cm³/mol. The van der Waals surface area contributed by atoms with Gasteiger partial charge in [-0.1, -0.05) is 25.4 Å². The van der Waals surface area contributed by atoms with Crippen LogP contribution < -0.4 is 11.1 Å². The van der Waals surface area contributed by atoms with Gasteiger partial charge in [-0.3, -0.25) is 9.59 Å². The first kappa shape index (κ1) is 14.5. The largest absolute Gasteiger partial charge is 0.370 e. The molecule has 0 saturated carbocycles. The van der Waals surface area contributed by atoms with Crippen molar-refractivity contribution in [3.8, 4) is 0 Å². The van der Waals surface area contributed by atoms with Crippen LogP contribution in [0.3, 0.4) is 0 Å². The van der Waals surface area contributed by atoms with E-state index in [-0.39, 0.29) is 23.7 Å². The number of amides is 2. The first-order chi connectivity index (χ1) is 8.30. The van der Waals surface area contributed by atoms with E-state index in [1.54, 1.807) is 24.3 Å². The lowest BCUT2D eigenvalue weighted by atomic mass is 9.89. The number of hydrogen-bond donors (Lipinski definition) is 2. The Balaban J connectivity index is 2.55. The molecule has 0 heterocycles. The maximum atomic E-state index is 11.8. The molecule has 3 N–H and O–H groups in total. The Kier molecular flexibility index (Phi) is 4.73. The second-order valence-corrected chi connectivity index (χ2v) is 5.43. The minimum atomic E-state index is -0.374. The number of carbonyl (C=O) groups is 2. The van der Waals surface area contributed by atoms with E-state index < -0.39 is 0 Å². The van der Waals surface area contributed by atoms with E-state index in [0.29, 0.717) is 17.1 Å². The molecule has 0 bridgehead atoms. The molecular formula is C13H17ClN2O2. The Morgan fingerprint density at radius 3 is 2.33 bits per heavy atom. The molecule has 0 aliphatic carbocycles. The SMILES string of the molecule is CC(C)(CNC(=O)c1ccc(Cl)cc1)CC(N)=O. The number of rotatable bonds is 5. The van der Waals surface area contributed by atoms with Crippen LogP contribution in [0.25, 0.3) is 0 Å². The van der Waals surface area contributed by atoms with E-state index in [1.165, 1.54) is 0 Å². The van der Waals surface area contributed by atoms with Crippen LogP contribution in [0.15, 0.2) is 24.3 Å². The summed E-state index contributed by atoms with van der Waals surface area (Å²) in [5, 5.41) is 3.36. The van der Waals surface area contributed by atoms with Crippen molar-refractivity contribution < 1.29 is 9.59 Å². The molecule has 2 amide bonds. The molecule has 98 valence electrons. The molecule has 1 aromatic carbocycles. The highest BCUT2D eigenvalue weighted by Crippen LogP contribution is 2.18. The van der Waals surface area contributed by atoms with Gasteiger partial charge in [-0.05, 0) is 29.7 Å². The summed E-state index contributed by atoms with van der Waals surface area (Å²) in [6.07, 6.45) is 0.230. The van der Waals surface area contributed by atoms with Crippen molar-refractivity contribution in [1.29, 1.82) is 0 Å². The molecular weight excluding hydrogens is 252 g/mol. The highest BCUT2D eigenvalue weighted by atomic mass is 35.5. The Labute approximate surface area is 112 Å². The topological polar surface area (TPSA) is 72.2 Å². The van der Waals surface area contributed by atoms with Gasteiger partial charge >= 0.3 is 0 Å². The number of carbonyl (C=O) groups excluding carboxylic acids is 2. The van der Waals surface area contributed by atoms with Gasteiger partial charge in [0.25, 0.3) is 5.91 Å². The van der Waals surface area contributed by atoms with Crippen molar-refractivity contribution in [1.82, 2.24) is 5.32 Å². The summed E-state index contributed by atoms with van der Waals surface area (Å²) in [5.41, 5.74) is 5.33. The molecule has 1 rings (SSSR count). The van der Waals surface area contributed by atoms with E-state index in [9.17, 15) is 9.59 Å². The van der Waals surface area contributed by atoms with Crippen molar-refractivity contribution in [2.24, 2.45) is 11.1 Å². The first-order valence-corrected chi connectivity index (χ1v) is 6.00. The minimum absolute atomic E-state index is 0.191. The number of nitrogens with one attached hydrogen (secondary N) is 1. The summed E-state index contributed by atoms with van der Waals surface area (Å²) in [6.45, 7) is 4.14. The lowest BCUT2D eigenvalue weighted by Crippen LogP contribution is -2.36. The van der Waals surface area contributed by atoms with Gasteiger partial charge < -0.3 is 11.1 Å². The van der Waals surface area contributed by atoms with Gasteiger partial charge in [-0.2, -0.15) is 0 Å². The molecule has 0 aliphatic rings. The van der Waals surface area contributed by atoms with Gasteiger partial charge in [0.15, 0.2) is 0 Å². The molecule has 18 heavy (non-hydrogen) atoms. The maximum absolute atomic E-state index is 11.8. The van der Waals surface area contributed by atoms with Crippen LogP contribution >= 0.6 is 11.6 Å². The van der Waals surface area contributed by atoms with E-state index in [4.69, 9.17) is 17.3 Å². The fourth-order valence-corrected chi connectivity index (χ4v) is 1.68. The quantitative estimate of drug-likeness (QED) is 0.857. The average molecular weight is 269 g/mol. The number of hydrogen-bond acceptors (Lipinski definition) is 2. The van der Waals surface area contributed by atoms with Gasteiger partial charge in [-0.25, -0.2) is 0 Å². The van der Waals surface area contributed by atoms with Gasteiger partial charge in [0.1, 0.15) is 0 Å². The van der Waals surface area contributed by atoms with Crippen LogP contribution in [0.5, 0.6) is 0 Å². The Bertz CT molecular complexity index is 441. The number of primary amides is 1. The zero-order valence-electron chi connectivity index (χ0n) is 10.5. The third-order valence-corrected chi connectivity index (χ3v) is 2.74. The maximum Gasteiger partial charge on any atom is 0.251 e. The molecule has 0 radical (unpaired) electrons. The predicted octanol–water partition coefficient (Wildman–Crippen LogP) is 1.97. The second kappa shape index (κ2) is 5.87. The Morgan fingerprint density at radius 2 is 1.83 bits per heavy atom. The summed E-state index contributed by atoms with van der Waals surface area (Å²) in [5.74, 6) is -0.565. The lowest BCUT2D eigenvalue weighted by Gasteiger charge is -2.23. The van der Waals surface area contributed by atoms with Crippen molar-refractivity contribution >= 4 is 23.4 Å². The standard InChI is InChI=1S/C13H17ClN2O2/c1-13(2,7-11(15)17)8-16-12(18)9-3-5-10(14)6-4-9/h3-6H,7-8H2,1-2H3,(H2,15,17)(H,16,18). The fraction of sp³-hybridized carbons (Fsp3) is 0.385. The average Bonchev–Trinajstić information content (AvgIpc) is 2.25. The number of halogens is 1. The summed E-state index contributed by atoms with van der Waals surface area (Å²) < 4.78 is 0. The van der Waals surface area contributed by atoms with E-state index in [1.807, 2.05) is 13.8 Å². The molecule has 5 heteroatoms. The smallest absolute Gasteiger partial charge is 0.251 e. The molecule has 0 saturated heterocycles. The summed E-state index contributed by atoms with van der Waals surface area (Å²) in [7, 11) is 0. The van der Waals surface area contributed by atoms with Crippen LogP contribution in [-0.4, -0.2) is 18.4 Å². The third kappa shape index (κ3) is 4.75. The van der Waals surface area contributed by atoms with Gasteiger partial charge in [0, 0.05) is 23.6 Å². The highest BCUT2D eigenvalue weighted by Gasteiger charge is 2.21. The van der Waals surface area contributed by atoms with E-state index >= 15 is 0 Å². The van der Waals surface area contributed by atoms with Crippen molar-refractivity contribution in [3.63, 3.8) is 0 Å². The number of nitrogens with two attached hydrogens (primary N) is 1. The van der Waals surface area contributed by atoms with Crippen LogP contribution in [0.1, 0.15) is 30.6 Å². The molecule has 0 aromatic heterocycles. The van der Waals surface area contributed by atoms with E-state index in [0.717, 1.165) is 0 Å². The third-order valence-electron chi connectivity index (χ3n) is 2.49. The van der Waals surface area contributed by atoms with Crippen LogP contribution in [0.2, 0.25) is 5.02 Å². The molecule has 0 atom stereocenters. The first-order valence-electron chi connectivity index (χ1n) is 5.62. The van der Waals surface area contributed by atoms with Crippen molar-refractivity contribution in [2.45, 2.75) is 20.3 Å². The molecule has 4 nitrogen and oxygen atoms in total. The Morgan fingerprint density at radius 1 is 1.28 bits per heavy atom. The van der Waals surface area contributed by atoms with Crippen molar-refractivity contribution in [2.75, 3.05) is 6.54 Å². The number of benzene rings is 1. The summed E-state index contributed by atoms with van der Waals surface area (Å²) in [4.78, 5) is 22.7. The lowest BCUT2D eigenvalue weighted by molar-refractivity contribution is -0.119. The molecule has 0 aliphatic heterocycles. The van der Waals surface area contributed by atoms with Gasteiger partial charge in [0.2, 0.25) is 5.91 Å². The van der Waals surface area contributed by atoms with Crippen LogP contribution in [0, 0.1) is 5.41 Å². The van der Waals surface area contributed by atoms with Crippen LogP contribution in [0.4, 0.5) is 0 Å². The van der Waals surface area contributed by atoms with Crippen molar-refractivity contribution in [3.05, 3.63) is 34.9 Å². The Hall–Kier alpha value is -1.55. The second-order valence-electron chi connectivity index (χ2n) is 5.00. The zero-order valence-corrected chi connectivity index (χ0v) is 11.3. The zero-order chi connectivity index (χ0) is 13.8. The molecule has 0 fully saturated rings. The molecule has 0 unspecified atom stereocenters. The highest BCUT2D eigenvalue weighted by molar-refractivity contribution is 6.30. The minimum Gasteiger partial charge on any atom is -0.370 e. The van der Waals surface area contributed by atoms with E-state index in [2.05, 4.69) is 5.32 Å². The summed E-state index contributed by atoms with van der Waals surface area (Å²) >= 11 is 5.74. The normalized spacial score (nSPS) is 11.1. The fourth-order valence-electron chi connectivity index (χ4n) is 1.56. The van der Waals surface area contributed by atoms with Crippen LogP contribution in [-0.2, 0) is 4.79 Å². The molecule has 1 aromatic rings. The monoisotopic (exact) mass is 268 g/mol. The van der Waals surface area contributed by atoms with Gasteiger partial charge in [-0.15, -0.1) is 0 Å². The summed E-state index contributed by atoms with van der Waals surface area (Å²) in [6, 6.07) is 6.62. The van der Waals surface area contributed by atoms with Gasteiger partial charge in [0.05, 0.1) is 0 Å². The molecule has 0 spiro atoms.